The summed E-state index contributed by atoms with van der Waals surface area (Å²) in [7, 11) is 1.85. The van der Waals surface area contributed by atoms with E-state index in [0.29, 0.717) is 18.2 Å². The molecule has 0 atom stereocenters. The maximum Gasteiger partial charge on any atom is 0.411 e. The number of benzene rings is 3. The van der Waals surface area contributed by atoms with Gasteiger partial charge >= 0.3 is 6.09 Å². The second-order valence-electron chi connectivity index (χ2n) is 10.4. The van der Waals surface area contributed by atoms with E-state index in [9.17, 15) is 9.59 Å². The predicted molar refractivity (Wildman–Crippen MR) is 157 cm³/mol. The molecule has 0 spiro atoms. The Morgan fingerprint density at radius 1 is 0.949 bits per heavy atom. The lowest BCUT2D eigenvalue weighted by molar-refractivity contribution is 0.0540. The summed E-state index contributed by atoms with van der Waals surface area (Å²) in [4.78, 5) is 29.6. The van der Waals surface area contributed by atoms with E-state index in [1.807, 2.05) is 85.9 Å². The topological polar surface area (TPSA) is 73.9 Å². The molecule has 0 aliphatic carbocycles. The molecule has 1 fully saturated rings. The number of ether oxygens (including phenoxy) is 1. The van der Waals surface area contributed by atoms with Gasteiger partial charge in [0.1, 0.15) is 6.10 Å². The molecule has 39 heavy (non-hydrogen) atoms. The number of nitrogens with one attached hydrogen (secondary N) is 2. The van der Waals surface area contributed by atoms with Gasteiger partial charge in [0.25, 0.3) is 5.91 Å². The highest BCUT2D eigenvalue weighted by molar-refractivity contribution is 5.94. The van der Waals surface area contributed by atoms with Gasteiger partial charge in [-0.05, 0) is 42.2 Å². The Morgan fingerprint density at radius 2 is 1.62 bits per heavy atom. The maximum atomic E-state index is 12.9. The van der Waals surface area contributed by atoms with Crippen molar-refractivity contribution in [1.29, 1.82) is 0 Å². The molecule has 1 aliphatic rings. The highest BCUT2D eigenvalue weighted by Crippen LogP contribution is 2.28. The summed E-state index contributed by atoms with van der Waals surface area (Å²) in [6.07, 6.45) is 1.01. The first kappa shape index (κ1) is 28.3. The van der Waals surface area contributed by atoms with E-state index in [1.165, 1.54) is 5.56 Å². The fraction of sp³-hybridized carbons (Fsp3) is 0.375. The molecule has 0 saturated carbocycles. The van der Waals surface area contributed by atoms with Crippen molar-refractivity contribution in [3.8, 4) is 11.1 Å². The van der Waals surface area contributed by atoms with Crippen molar-refractivity contribution in [2.75, 3.05) is 38.5 Å². The molecule has 0 unspecified atom stereocenters. The second kappa shape index (κ2) is 13.9. The monoisotopic (exact) mass is 528 g/mol. The highest BCUT2D eigenvalue weighted by Gasteiger charge is 2.23. The summed E-state index contributed by atoms with van der Waals surface area (Å²) in [5.74, 6) is 0.0315. The number of amides is 2. The van der Waals surface area contributed by atoms with Gasteiger partial charge in [-0.3, -0.25) is 10.1 Å². The van der Waals surface area contributed by atoms with E-state index in [2.05, 4.69) is 29.4 Å². The average Bonchev–Trinajstić information content (AvgIpc) is 2.96. The zero-order valence-electron chi connectivity index (χ0n) is 23.2. The molecular weight excluding hydrogens is 488 g/mol. The van der Waals surface area contributed by atoms with Crippen LogP contribution in [-0.4, -0.2) is 67.2 Å². The first-order valence-corrected chi connectivity index (χ1v) is 13.8. The Balaban J connectivity index is 1.19. The number of anilines is 1. The van der Waals surface area contributed by atoms with Crippen LogP contribution in [-0.2, 0) is 11.3 Å². The fourth-order valence-electron chi connectivity index (χ4n) is 4.70. The van der Waals surface area contributed by atoms with Crippen molar-refractivity contribution in [3.05, 3.63) is 90.0 Å². The van der Waals surface area contributed by atoms with Crippen molar-refractivity contribution < 1.29 is 14.3 Å². The van der Waals surface area contributed by atoms with Crippen LogP contribution in [0.3, 0.4) is 0 Å². The highest BCUT2D eigenvalue weighted by atomic mass is 16.6. The molecule has 3 aromatic carbocycles. The molecule has 0 radical (unpaired) electrons. The second-order valence-corrected chi connectivity index (χ2v) is 10.4. The minimum Gasteiger partial charge on any atom is -0.446 e. The lowest BCUT2D eigenvalue weighted by Crippen LogP contribution is -2.42. The van der Waals surface area contributed by atoms with Crippen molar-refractivity contribution in [1.82, 2.24) is 15.1 Å². The van der Waals surface area contributed by atoms with E-state index in [1.54, 1.807) is 4.90 Å². The average molecular weight is 529 g/mol. The third kappa shape index (κ3) is 8.40. The number of carbonyl (C=O) groups is 2. The molecule has 3 aromatic rings. The van der Waals surface area contributed by atoms with E-state index in [-0.39, 0.29) is 12.0 Å². The van der Waals surface area contributed by atoms with Gasteiger partial charge in [-0.2, -0.15) is 0 Å². The van der Waals surface area contributed by atoms with E-state index in [4.69, 9.17) is 4.74 Å². The zero-order chi connectivity index (χ0) is 27.6. The van der Waals surface area contributed by atoms with Crippen LogP contribution in [0.1, 0.15) is 42.6 Å². The molecule has 0 bridgehead atoms. The molecule has 4 rings (SSSR count). The van der Waals surface area contributed by atoms with E-state index >= 15 is 0 Å². The largest absolute Gasteiger partial charge is 0.446 e. The summed E-state index contributed by atoms with van der Waals surface area (Å²) in [5, 5.41) is 6.32. The van der Waals surface area contributed by atoms with Gasteiger partial charge in [0, 0.05) is 56.9 Å². The number of carbonyl (C=O) groups excluding carboxylic acids is 2. The van der Waals surface area contributed by atoms with Crippen LogP contribution in [0.4, 0.5) is 10.5 Å². The first-order chi connectivity index (χ1) is 18.9. The number of nitrogens with zero attached hydrogens (tertiary/aromatic N) is 2. The van der Waals surface area contributed by atoms with Gasteiger partial charge in [0.05, 0.1) is 5.69 Å². The van der Waals surface area contributed by atoms with Crippen LogP contribution in [0.25, 0.3) is 11.1 Å². The van der Waals surface area contributed by atoms with Crippen LogP contribution >= 0.6 is 0 Å². The van der Waals surface area contributed by atoms with Crippen LogP contribution < -0.4 is 10.6 Å². The Hall–Kier alpha value is -3.68. The van der Waals surface area contributed by atoms with Gasteiger partial charge in [0.15, 0.2) is 0 Å². The Bertz CT molecular complexity index is 1210. The van der Waals surface area contributed by atoms with Crippen LogP contribution in [0.15, 0.2) is 78.9 Å². The normalized spacial score (nSPS) is 14.3. The standard InChI is InChI=1S/C32H40N4O3/c1-24(2)33-23-25-13-15-27(16-14-25)31(37)35(3)21-22-36-19-17-28(18-20-36)39-32(38)34-30-12-8-7-11-29(30)26-9-5-4-6-10-26/h4-16,24,28,33H,17-23H2,1-3H3,(H,34,38). The smallest absolute Gasteiger partial charge is 0.411 e. The fourth-order valence-corrected chi connectivity index (χ4v) is 4.70. The number of hydrogen-bond donors (Lipinski definition) is 2. The predicted octanol–water partition coefficient (Wildman–Crippen LogP) is 5.64. The number of piperidine rings is 1. The van der Waals surface area contributed by atoms with Gasteiger partial charge in [-0.1, -0.05) is 74.5 Å². The Labute approximate surface area is 232 Å². The van der Waals surface area contributed by atoms with E-state index < -0.39 is 6.09 Å². The van der Waals surface area contributed by atoms with Crippen LogP contribution in [0, 0.1) is 0 Å². The molecule has 7 nitrogen and oxygen atoms in total. The quantitative estimate of drug-likeness (QED) is 0.356. The number of likely N-dealkylation sites (N-methyl/N-ethyl adjacent to an activating group) is 1. The molecule has 1 heterocycles. The lowest BCUT2D eigenvalue weighted by Gasteiger charge is -2.32. The van der Waals surface area contributed by atoms with Crippen LogP contribution in [0.5, 0.6) is 0 Å². The maximum absolute atomic E-state index is 12.9. The first-order valence-electron chi connectivity index (χ1n) is 13.8. The summed E-state index contributed by atoms with van der Waals surface area (Å²) in [5.41, 5.74) is 4.62. The van der Waals surface area contributed by atoms with Gasteiger partial charge in [0.2, 0.25) is 0 Å². The third-order valence-electron chi connectivity index (χ3n) is 7.07. The molecule has 1 aliphatic heterocycles. The minimum absolute atomic E-state index is 0.0315. The Morgan fingerprint density at radius 3 is 2.31 bits per heavy atom. The molecular formula is C32H40N4O3. The minimum atomic E-state index is -0.423. The van der Waals surface area contributed by atoms with Crippen LogP contribution in [0.2, 0.25) is 0 Å². The SMILES string of the molecule is CC(C)NCc1ccc(C(=O)N(C)CCN2CCC(OC(=O)Nc3ccccc3-c3ccccc3)CC2)cc1. The lowest BCUT2D eigenvalue weighted by atomic mass is 10.0. The van der Waals surface area contributed by atoms with Crippen molar-refractivity contribution in [2.45, 2.75) is 45.4 Å². The zero-order valence-corrected chi connectivity index (χ0v) is 23.2. The third-order valence-corrected chi connectivity index (χ3v) is 7.07. The van der Waals surface area contributed by atoms with Gasteiger partial charge in [-0.15, -0.1) is 0 Å². The summed E-state index contributed by atoms with van der Waals surface area (Å²) >= 11 is 0. The van der Waals surface area contributed by atoms with Crippen molar-refractivity contribution in [3.63, 3.8) is 0 Å². The Kier molecular flexibility index (Phi) is 10.1. The number of likely N-dealkylation sites (tertiary alicyclic amines) is 1. The number of rotatable bonds is 10. The molecule has 2 amide bonds. The van der Waals surface area contributed by atoms with Crippen molar-refractivity contribution >= 4 is 17.7 Å². The van der Waals surface area contributed by atoms with E-state index in [0.717, 1.165) is 55.8 Å². The summed E-state index contributed by atoms with van der Waals surface area (Å²) < 4.78 is 5.75. The molecule has 1 saturated heterocycles. The summed E-state index contributed by atoms with van der Waals surface area (Å²) in [6, 6.07) is 26.0. The van der Waals surface area contributed by atoms with Gasteiger partial charge in [-0.25, -0.2) is 4.79 Å². The van der Waals surface area contributed by atoms with Crippen molar-refractivity contribution in [2.24, 2.45) is 0 Å². The molecule has 206 valence electrons. The number of hydrogen-bond acceptors (Lipinski definition) is 5. The molecule has 7 heteroatoms. The molecule has 0 aromatic heterocycles. The number of para-hydroxylation sites is 1. The molecule has 2 N–H and O–H groups in total. The summed E-state index contributed by atoms with van der Waals surface area (Å²) in [6.45, 7) is 8.14. The van der Waals surface area contributed by atoms with Gasteiger partial charge < -0.3 is 19.9 Å².